The predicted molar refractivity (Wildman–Crippen MR) is 132 cm³/mol. The number of ether oxygens (including phenoxy) is 2. The lowest BCUT2D eigenvalue weighted by molar-refractivity contribution is 0.0181. The number of piperidine rings is 1. The van der Waals surface area contributed by atoms with Crippen molar-refractivity contribution in [1.82, 2.24) is 9.47 Å². The summed E-state index contributed by atoms with van der Waals surface area (Å²) in [5.41, 5.74) is 1.45. The van der Waals surface area contributed by atoms with Crippen LogP contribution in [-0.2, 0) is 9.47 Å². The van der Waals surface area contributed by atoms with Gasteiger partial charge in [0.25, 0.3) is 0 Å². The van der Waals surface area contributed by atoms with Gasteiger partial charge in [0.05, 0.1) is 0 Å². The third-order valence-corrected chi connectivity index (χ3v) is 8.08. The molecule has 6 nitrogen and oxygen atoms in total. The third kappa shape index (κ3) is 4.53. The van der Waals surface area contributed by atoms with E-state index in [9.17, 15) is 9.59 Å². The molecule has 2 bridgehead atoms. The van der Waals surface area contributed by atoms with Crippen molar-refractivity contribution in [3.8, 4) is 0 Å². The maximum Gasteiger partial charge on any atom is 0.419 e. The number of rotatable bonds is 2. The molecule has 2 aromatic heterocycles. The van der Waals surface area contributed by atoms with Crippen molar-refractivity contribution in [3.05, 3.63) is 22.2 Å². The van der Waals surface area contributed by atoms with Crippen LogP contribution in [0.2, 0.25) is 0 Å². The zero-order valence-electron chi connectivity index (χ0n) is 21.4. The van der Waals surface area contributed by atoms with Crippen LogP contribution in [0, 0.1) is 12.8 Å². The summed E-state index contributed by atoms with van der Waals surface area (Å²) < 4.78 is 13.0. The summed E-state index contributed by atoms with van der Waals surface area (Å²) in [5.74, 6) is 1.15. The monoisotopic (exact) mass is 474 g/mol. The third-order valence-electron chi connectivity index (χ3n) is 6.66. The fourth-order valence-corrected chi connectivity index (χ4v) is 6.85. The van der Waals surface area contributed by atoms with Crippen LogP contribution in [0.4, 0.5) is 9.59 Å². The lowest BCUT2D eigenvalue weighted by Gasteiger charge is -2.33. The molecule has 0 N–H and O–H groups in total. The molecule has 0 unspecified atom stereocenters. The van der Waals surface area contributed by atoms with E-state index in [1.807, 2.05) is 52.6 Å². The van der Waals surface area contributed by atoms with E-state index in [1.54, 1.807) is 15.9 Å². The van der Waals surface area contributed by atoms with Gasteiger partial charge in [-0.15, -0.1) is 11.3 Å². The van der Waals surface area contributed by atoms with Gasteiger partial charge in [-0.2, -0.15) is 0 Å². The number of hydrogen-bond acceptors (Lipinski definition) is 5. The van der Waals surface area contributed by atoms with Crippen LogP contribution in [0.15, 0.2) is 6.20 Å². The van der Waals surface area contributed by atoms with E-state index in [1.165, 1.54) is 21.4 Å². The Morgan fingerprint density at radius 2 is 1.64 bits per heavy atom. The highest BCUT2D eigenvalue weighted by Crippen LogP contribution is 2.52. The molecule has 3 atom stereocenters. The van der Waals surface area contributed by atoms with Crippen molar-refractivity contribution in [3.63, 3.8) is 0 Å². The van der Waals surface area contributed by atoms with Gasteiger partial charge in [0, 0.05) is 35.0 Å². The number of thiophene rings is 1. The van der Waals surface area contributed by atoms with Gasteiger partial charge >= 0.3 is 12.2 Å². The van der Waals surface area contributed by atoms with Crippen molar-refractivity contribution in [2.75, 3.05) is 6.54 Å². The Kier molecular flexibility index (Phi) is 5.87. The Hall–Kier alpha value is -2.02. The fourth-order valence-electron chi connectivity index (χ4n) is 5.34. The molecule has 3 heterocycles. The van der Waals surface area contributed by atoms with Gasteiger partial charge in [0.2, 0.25) is 0 Å². The number of carbonyl (C=O) groups is 2. The van der Waals surface area contributed by atoms with Crippen LogP contribution in [0.1, 0.15) is 96.1 Å². The average molecular weight is 475 g/mol. The summed E-state index contributed by atoms with van der Waals surface area (Å²) in [7, 11) is 0. The molecular weight excluding hydrogens is 436 g/mol. The highest BCUT2D eigenvalue weighted by molar-refractivity contribution is 7.19. The van der Waals surface area contributed by atoms with Gasteiger partial charge in [0.15, 0.2) is 0 Å². The second-order valence-corrected chi connectivity index (χ2v) is 13.0. The van der Waals surface area contributed by atoms with E-state index < -0.39 is 11.2 Å². The summed E-state index contributed by atoms with van der Waals surface area (Å²) in [6, 6.07) is 0.230. The summed E-state index contributed by atoms with van der Waals surface area (Å²) in [6.07, 6.45) is 3.42. The molecule has 1 aliphatic heterocycles. The maximum atomic E-state index is 13.0. The lowest BCUT2D eigenvalue weighted by Crippen LogP contribution is -2.42. The first kappa shape index (κ1) is 24.1. The molecule has 7 heteroatoms. The van der Waals surface area contributed by atoms with Gasteiger partial charge in [-0.1, -0.05) is 13.8 Å². The Morgan fingerprint density at radius 3 is 2.15 bits per heavy atom. The predicted octanol–water partition coefficient (Wildman–Crippen LogP) is 7.03. The smallest absolute Gasteiger partial charge is 0.419 e. The molecular formula is C26H38N2O4S. The molecule has 33 heavy (non-hydrogen) atoms. The molecule has 182 valence electrons. The zero-order chi connectivity index (χ0) is 24.5. The minimum atomic E-state index is -0.545. The molecule has 2 fully saturated rings. The van der Waals surface area contributed by atoms with Crippen molar-refractivity contribution in [2.24, 2.45) is 5.92 Å². The van der Waals surface area contributed by atoms with E-state index in [0.29, 0.717) is 17.8 Å². The van der Waals surface area contributed by atoms with E-state index in [0.717, 1.165) is 24.2 Å². The quantitative estimate of drug-likeness (QED) is 0.469. The van der Waals surface area contributed by atoms with Crippen molar-refractivity contribution in [2.45, 2.75) is 104 Å². The fraction of sp³-hybridized carbons (Fsp3) is 0.692. The molecule has 2 aliphatic rings. The van der Waals surface area contributed by atoms with E-state index in [4.69, 9.17) is 9.47 Å². The number of carbonyl (C=O) groups excluding carboxylic acids is 2. The second-order valence-electron chi connectivity index (χ2n) is 12.0. The summed E-state index contributed by atoms with van der Waals surface area (Å²) >= 11 is 1.73. The van der Waals surface area contributed by atoms with E-state index in [2.05, 4.69) is 20.8 Å². The molecule has 4 rings (SSSR count). The Balaban J connectivity index is 1.64. The Morgan fingerprint density at radius 1 is 1.03 bits per heavy atom. The summed E-state index contributed by atoms with van der Waals surface area (Å²) in [4.78, 5) is 29.9. The number of likely N-dealkylation sites (tertiary alicyclic amines) is 1. The topological polar surface area (TPSA) is 60.8 Å². The minimum Gasteiger partial charge on any atom is -0.444 e. The first-order valence-electron chi connectivity index (χ1n) is 12.0. The number of aromatic nitrogens is 1. The molecule has 0 spiro atoms. The van der Waals surface area contributed by atoms with Crippen LogP contribution in [0.3, 0.4) is 0 Å². The normalized spacial score (nSPS) is 23.1. The molecule has 1 saturated carbocycles. The van der Waals surface area contributed by atoms with E-state index >= 15 is 0 Å². The molecule has 2 aromatic rings. The minimum absolute atomic E-state index is 0.194. The summed E-state index contributed by atoms with van der Waals surface area (Å²) in [5, 5.41) is 1.20. The highest BCUT2D eigenvalue weighted by Gasteiger charge is 2.49. The number of nitrogens with zero attached hydrogens (tertiary/aromatic N) is 2. The van der Waals surface area contributed by atoms with Gasteiger partial charge in [-0.05, 0) is 84.3 Å². The van der Waals surface area contributed by atoms with Gasteiger partial charge in [-0.25, -0.2) is 14.2 Å². The Bertz CT molecular complexity index is 1080. The number of aryl methyl sites for hydroxylation is 1. The molecule has 1 amide bonds. The van der Waals surface area contributed by atoms with Crippen molar-refractivity contribution < 1.29 is 19.1 Å². The molecule has 1 aliphatic carbocycles. The summed E-state index contributed by atoms with van der Waals surface area (Å²) in [6.45, 7) is 18.7. The van der Waals surface area contributed by atoms with Gasteiger partial charge in [0.1, 0.15) is 16.0 Å². The molecule has 0 aromatic carbocycles. The first-order chi connectivity index (χ1) is 15.2. The largest absolute Gasteiger partial charge is 0.444 e. The SMILES string of the molecule is Cc1c([C@@H]2C[C@@H]3C[C@H]2CN3C(=O)OC(C)(C)C)sc2c1c(C(C)C)cn2C(=O)OC(C)(C)C. The van der Waals surface area contributed by atoms with Crippen molar-refractivity contribution >= 4 is 33.7 Å². The van der Waals surface area contributed by atoms with Crippen LogP contribution in [-0.4, -0.2) is 45.4 Å². The second kappa shape index (κ2) is 8.03. The van der Waals surface area contributed by atoms with Crippen LogP contribution >= 0.6 is 11.3 Å². The number of amides is 1. The zero-order valence-corrected chi connectivity index (χ0v) is 22.3. The van der Waals surface area contributed by atoms with Crippen LogP contribution in [0.25, 0.3) is 10.2 Å². The van der Waals surface area contributed by atoms with Gasteiger partial charge in [-0.3, -0.25) is 0 Å². The first-order valence-corrected chi connectivity index (χ1v) is 12.8. The van der Waals surface area contributed by atoms with Crippen LogP contribution in [0.5, 0.6) is 0 Å². The number of hydrogen-bond donors (Lipinski definition) is 0. The van der Waals surface area contributed by atoms with Crippen LogP contribution < -0.4 is 0 Å². The molecule has 1 saturated heterocycles. The van der Waals surface area contributed by atoms with Crippen molar-refractivity contribution in [1.29, 1.82) is 0 Å². The standard InChI is InChI=1S/C26H38N2O4S/c1-14(2)19-13-28(24(30)32-26(7,8)9)22-20(19)15(3)21(33-22)18-11-17-10-16(18)12-27(17)23(29)31-25(4,5)6/h13-14,16-18H,10-12H2,1-9H3/t16-,17-,18+/m0/s1. The number of fused-ring (bicyclic) bond motifs is 3. The highest BCUT2D eigenvalue weighted by atomic mass is 32.1. The van der Waals surface area contributed by atoms with Gasteiger partial charge < -0.3 is 14.4 Å². The molecule has 0 radical (unpaired) electrons. The lowest BCUT2D eigenvalue weighted by atomic mass is 9.90. The Labute approximate surface area is 201 Å². The van der Waals surface area contributed by atoms with E-state index in [-0.39, 0.29) is 18.2 Å². The maximum absolute atomic E-state index is 13.0. The average Bonchev–Trinajstić information content (AvgIpc) is 3.38.